The Balaban J connectivity index is 1.23. The number of nitrogens with one attached hydrogen (secondary N) is 1. The molecule has 0 bridgehead atoms. The van der Waals surface area contributed by atoms with E-state index in [9.17, 15) is 14.4 Å². The highest BCUT2D eigenvalue weighted by Crippen LogP contribution is 2.21. The summed E-state index contributed by atoms with van der Waals surface area (Å²) in [7, 11) is 0. The molecular formula is C27H34N4O3. The number of benzene rings is 2. The number of carbonyl (C=O) groups is 3. The fourth-order valence-electron chi connectivity index (χ4n) is 4.69. The molecule has 0 aliphatic carbocycles. The van der Waals surface area contributed by atoms with Crippen molar-refractivity contribution in [1.82, 2.24) is 14.7 Å². The zero-order chi connectivity index (χ0) is 24.1. The highest BCUT2D eigenvalue weighted by atomic mass is 16.2. The summed E-state index contributed by atoms with van der Waals surface area (Å²) in [6.07, 6.45) is 1.63. The van der Waals surface area contributed by atoms with Crippen molar-refractivity contribution in [2.24, 2.45) is 5.92 Å². The SMILES string of the molecule is CCC(CC)C(=O)Nc1ccc(C(=O)N2CC(N3CCN(C(=O)c4ccccc4)CC3)C2)cc1. The van der Waals surface area contributed by atoms with Crippen LogP contribution in [0.5, 0.6) is 0 Å². The lowest BCUT2D eigenvalue weighted by Gasteiger charge is -2.48. The topological polar surface area (TPSA) is 73.0 Å². The van der Waals surface area contributed by atoms with Gasteiger partial charge in [0.05, 0.1) is 0 Å². The molecule has 0 atom stereocenters. The van der Waals surface area contributed by atoms with E-state index in [2.05, 4.69) is 10.2 Å². The lowest BCUT2D eigenvalue weighted by molar-refractivity contribution is -0.120. The number of nitrogens with zero attached hydrogens (tertiary/aromatic N) is 3. The second-order valence-corrected chi connectivity index (χ2v) is 9.14. The highest BCUT2D eigenvalue weighted by Gasteiger charge is 2.37. The molecule has 1 N–H and O–H groups in total. The first-order valence-electron chi connectivity index (χ1n) is 12.3. The van der Waals surface area contributed by atoms with E-state index in [-0.39, 0.29) is 23.6 Å². The summed E-state index contributed by atoms with van der Waals surface area (Å²) in [5.41, 5.74) is 2.09. The third-order valence-electron chi connectivity index (χ3n) is 7.04. The number of carbonyl (C=O) groups excluding carboxylic acids is 3. The van der Waals surface area contributed by atoms with E-state index in [0.29, 0.717) is 37.8 Å². The van der Waals surface area contributed by atoms with Crippen molar-refractivity contribution >= 4 is 23.4 Å². The Bertz CT molecular complexity index is 990. The molecule has 2 saturated heterocycles. The first-order chi connectivity index (χ1) is 16.5. The van der Waals surface area contributed by atoms with E-state index < -0.39 is 0 Å². The second-order valence-electron chi connectivity index (χ2n) is 9.14. The third kappa shape index (κ3) is 5.30. The maximum absolute atomic E-state index is 12.9. The van der Waals surface area contributed by atoms with Crippen LogP contribution in [0, 0.1) is 5.92 Å². The van der Waals surface area contributed by atoms with Crippen molar-refractivity contribution in [2.45, 2.75) is 32.7 Å². The minimum Gasteiger partial charge on any atom is -0.336 e. The highest BCUT2D eigenvalue weighted by molar-refractivity contribution is 5.97. The zero-order valence-electron chi connectivity index (χ0n) is 20.1. The number of rotatable bonds is 7. The smallest absolute Gasteiger partial charge is 0.253 e. The van der Waals surface area contributed by atoms with Crippen LogP contribution in [-0.2, 0) is 4.79 Å². The van der Waals surface area contributed by atoms with Crippen LogP contribution < -0.4 is 5.32 Å². The standard InChI is InChI=1S/C27H34N4O3/c1-3-20(4-2)25(32)28-23-12-10-22(11-13-23)27(34)31-18-24(19-31)29-14-16-30(17-15-29)26(33)21-8-6-5-7-9-21/h5-13,20,24H,3-4,14-19H2,1-2H3,(H,28,32). The number of hydrogen-bond acceptors (Lipinski definition) is 4. The predicted molar refractivity (Wildman–Crippen MR) is 133 cm³/mol. The number of anilines is 1. The summed E-state index contributed by atoms with van der Waals surface area (Å²) < 4.78 is 0. The van der Waals surface area contributed by atoms with Gasteiger partial charge in [-0.05, 0) is 49.2 Å². The van der Waals surface area contributed by atoms with Crippen molar-refractivity contribution in [1.29, 1.82) is 0 Å². The molecule has 4 rings (SSSR count). The van der Waals surface area contributed by atoms with Gasteiger partial charge in [0.1, 0.15) is 0 Å². The third-order valence-corrected chi connectivity index (χ3v) is 7.04. The van der Waals surface area contributed by atoms with Crippen molar-refractivity contribution in [3.63, 3.8) is 0 Å². The van der Waals surface area contributed by atoms with Gasteiger partial charge in [0.25, 0.3) is 11.8 Å². The van der Waals surface area contributed by atoms with Gasteiger partial charge in [-0.1, -0.05) is 32.0 Å². The van der Waals surface area contributed by atoms with Crippen LogP contribution in [0.3, 0.4) is 0 Å². The summed E-state index contributed by atoms with van der Waals surface area (Å²) >= 11 is 0. The van der Waals surface area contributed by atoms with E-state index in [1.165, 1.54) is 0 Å². The first-order valence-corrected chi connectivity index (χ1v) is 12.3. The molecule has 2 heterocycles. The molecule has 0 aromatic heterocycles. The van der Waals surface area contributed by atoms with Gasteiger partial charge in [0, 0.05) is 68.0 Å². The molecule has 2 aliphatic rings. The van der Waals surface area contributed by atoms with Crippen molar-refractivity contribution in [3.05, 3.63) is 65.7 Å². The minimum absolute atomic E-state index is 0.0117. The molecule has 3 amide bonds. The normalized spacial score (nSPS) is 16.9. The molecule has 7 heteroatoms. The summed E-state index contributed by atoms with van der Waals surface area (Å²) in [5, 5.41) is 2.94. The van der Waals surface area contributed by atoms with Crippen molar-refractivity contribution < 1.29 is 14.4 Å². The molecule has 2 fully saturated rings. The summed E-state index contributed by atoms with van der Waals surface area (Å²) in [6.45, 7) is 8.52. The van der Waals surface area contributed by atoms with Gasteiger partial charge in [-0.15, -0.1) is 0 Å². The summed E-state index contributed by atoms with van der Waals surface area (Å²) in [4.78, 5) is 43.9. The number of hydrogen-bond donors (Lipinski definition) is 1. The Hall–Kier alpha value is -3.19. The molecule has 0 spiro atoms. The molecule has 0 unspecified atom stereocenters. The Kier molecular flexibility index (Phi) is 7.63. The van der Waals surface area contributed by atoms with E-state index in [4.69, 9.17) is 0 Å². The molecule has 34 heavy (non-hydrogen) atoms. The van der Waals surface area contributed by atoms with Crippen LogP contribution in [-0.4, -0.2) is 77.7 Å². The number of piperazine rings is 1. The lowest BCUT2D eigenvalue weighted by Crippen LogP contribution is -2.64. The molecular weight excluding hydrogens is 428 g/mol. The Labute approximate surface area is 201 Å². The van der Waals surface area contributed by atoms with Crippen LogP contribution >= 0.6 is 0 Å². The van der Waals surface area contributed by atoms with Gasteiger partial charge in [-0.2, -0.15) is 0 Å². The van der Waals surface area contributed by atoms with E-state index in [1.54, 1.807) is 24.3 Å². The van der Waals surface area contributed by atoms with Crippen LogP contribution in [0.4, 0.5) is 5.69 Å². The second kappa shape index (κ2) is 10.8. The average Bonchev–Trinajstić information content (AvgIpc) is 2.85. The average molecular weight is 463 g/mol. The largest absolute Gasteiger partial charge is 0.336 e. The Morgan fingerprint density at radius 2 is 1.35 bits per heavy atom. The summed E-state index contributed by atoms with van der Waals surface area (Å²) in [5.74, 6) is 0.148. The molecule has 180 valence electrons. The monoisotopic (exact) mass is 462 g/mol. The zero-order valence-corrected chi connectivity index (χ0v) is 20.1. The van der Waals surface area contributed by atoms with Gasteiger partial charge in [-0.25, -0.2) is 0 Å². The van der Waals surface area contributed by atoms with E-state index in [0.717, 1.165) is 37.2 Å². The van der Waals surface area contributed by atoms with Crippen molar-refractivity contribution in [2.75, 3.05) is 44.6 Å². The Morgan fingerprint density at radius 3 is 1.94 bits per heavy atom. The van der Waals surface area contributed by atoms with Crippen molar-refractivity contribution in [3.8, 4) is 0 Å². The van der Waals surface area contributed by atoms with Crippen LogP contribution in [0.2, 0.25) is 0 Å². The molecule has 2 aromatic rings. The maximum atomic E-state index is 12.9. The van der Waals surface area contributed by atoms with Gasteiger partial charge < -0.3 is 15.1 Å². The molecule has 2 aromatic carbocycles. The predicted octanol–water partition coefficient (Wildman–Crippen LogP) is 3.34. The molecule has 7 nitrogen and oxygen atoms in total. The van der Waals surface area contributed by atoms with E-state index >= 15 is 0 Å². The van der Waals surface area contributed by atoms with Gasteiger partial charge in [0.15, 0.2) is 0 Å². The van der Waals surface area contributed by atoms with Crippen LogP contribution in [0.15, 0.2) is 54.6 Å². The molecule has 2 aliphatic heterocycles. The van der Waals surface area contributed by atoms with E-state index in [1.807, 2.05) is 54.0 Å². The number of likely N-dealkylation sites (tertiary alicyclic amines) is 1. The minimum atomic E-state index is 0.0117. The van der Waals surface area contributed by atoms with Crippen LogP contribution in [0.1, 0.15) is 47.4 Å². The fourth-order valence-corrected chi connectivity index (χ4v) is 4.69. The molecule has 0 saturated carbocycles. The summed E-state index contributed by atoms with van der Waals surface area (Å²) in [6, 6.07) is 16.9. The van der Waals surface area contributed by atoms with Gasteiger partial charge in [0.2, 0.25) is 5.91 Å². The van der Waals surface area contributed by atoms with Gasteiger partial charge in [-0.3, -0.25) is 19.3 Å². The Morgan fingerprint density at radius 1 is 0.794 bits per heavy atom. The quantitative estimate of drug-likeness (QED) is 0.685. The van der Waals surface area contributed by atoms with Gasteiger partial charge >= 0.3 is 0 Å². The van der Waals surface area contributed by atoms with Crippen LogP contribution in [0.25, 0.3) is 0 Å². The lowest BCUT2D eigenvalue weighted by atomic mass is 10.0. The number of amides is 3. The fraction of sp³-hybridized carbons (Fsp3) is 0.444. The first kappa shape index (κ1) is 24.0. The molecule has 0 radical (unpaired) electrons. The maximum Gasteiger partial charge on any atom is 0.253 e.